The van der Waals surface area contributed by atoms with Crippen molar-refractivity contribution in [1.29, 1.82) is 0 Å². The van der Waals surface area contributed by atoms with Crippen LogP contribution in [-0.2, 0) is 6.42 Å². The third kappa shape index (κ3) is 1.81. The highest BCUT2D eigenvalue weighted by Gasteiger charge is 2.26. The summed E-state index contributed by atoms with van der Waals surface area (Å²) in [6, 6.07) is 6.25. The zero-order valence-electron chi connectivity index (χ0n) is 9.88. The molecule has 0 aliphatic carbocycles. The first-order valence-corrected chi connectivity index (χ1v) is 5.65. The van der Waals surface area contributed by atoms with Gasteiger partial charge in [-0.25, -0.2) is 0 Å². The van der Waals surface area contributed by atoms with E-state index in [0.717, 1.165) is 18.7 Å². The van der Waals surface area contributed by atoms with Crippen LogP contribution in [0.4, 0.5) is 11.4 Å². The van der Waals surface area contributed by atoms with Crippen LogP contribution in [0.1, 0.15) is 32.8 Å². The number of nitrogens with zero attached hydrogens (tertiary/aromatic N) is 1. The topological polar surface area (TPSA) is 29.3 Å². The molecule has 1 aromatic rings. The zero-order valence-corrected chi connectivity index (χ0v) is 9.88. The molecule has 2 heteroatoms. The van der Waals surface area contributed by atoms with E-state index < -0.39 is 0 Å². The molecule has 1 aliphatic rings. The van der Waals surface area contributed by atoms with Gasteiger partial charge in [0.25, 0.3) is 0 Å². The van der Waals surface area contributed by atoms with Crippen molar-refractivity contribution in [3.8, 4) is 0 Å². The fourth-order valence-electron chi connectivity index (χ4n) is 2.35. The number of nitrogen functional groups attached to an aromatic ring is 1. The summed E-state index contributed by atoms with van der Waals surface area (Å²) < 4.78 is 0. The molecule has 2 N–H and O–H groups in total. The van der Waals surface area contributed by atoms with Gasteiger partial charge in [0, 0.05) is 23.5 Å². The van der Waals surface area contributed by atoms with Crippen molar-refractivity contribution in [3.63, 3.8) is 0 Å². The summed E-state index contributed by atoms with van der Waals surface area (Å²) in [7, 11) is 0. The lowest BCUT2D eigenvalue weighted by atomic mass is 9.94. The molecule has 0 saturated carbocycles. The summed E-state index contributed by atoms with van der Waals surface area (Å²) in [4.78, 5) is 2.46. The first-order valence-electron chi connectivity index (χ1n) is 5.65. The summed E-state index contributed by atoms with van der Waals surface area (Å²) >= 11 is 0. The second kappa shape index (κ2) is 3.44. The van der Waals surface area contributed by atoms with Crippen molar-refractivity contribution in [2.24, 2.45) is 0 Å². The minimum Gasteiger partial charge on any atom is -0.398 e. The molecular formula is C13H20N2. The van der Waals surface area contributed by atoms with Gasteiger partial charge < -0.3 is 10.6 Å². The second-order valence-corrected chi connectivity index (χ2v) is 5.27. The molecule has 0 bridgehead atoms. The van der Waals surface area contributed by atoms with Gasteiger partial charge in [-0.3, -0.25) is 0 Å². The highest BCUT2D eigenvalue weighted by molar-refractivity contribution is 5.67. The first-order chi connectivity index (χ1) is 7.00. The van der Waals surface area contributed by atoms with E-state index in [0.29, 0.717) is 0 Å². The van der Waals surface area contributed by atoms with Gasteiger partial charge in [-0.2, -0.15) is 0 Å². The van der Waals surface area contributed by atoms with Crippen molar-refractivity contribution in [2.45, 2.75) is 39.2 Å². The number of anilines is 2. The first kappa shape index (κ1) is 10.3. The van der Waals surface area contributed by atoms with Crippen LogP contribution in [-0.4, -0.2) is 12.1 Å². The summed E-state index contributed by atoms with van der Waals surface area (Å²) in [5.41, 5.74) is 9.81. The summed E-state index contributed by atoms with van der Waals surface area (Å²) in [5, 5.41) is 0. The molecule has 1 aliphatic heterocycles. The quantitative estimate of drug-likeness (QED) is 0.658. The van der Waals surface area contributed by atoms with Gasteiger partial charge in [-0.05, 0) is 51.3 Å². The van der Waals surface area contributed by atoms with E-state index in [1.807, 2.05) is 6.07 Å². The monoisotopic (exact) mass is 204 g/mol. The van der Waals surface area contributed by atoms with Gasteiger partial charge in [0.2, 0.25) is 0 Å². The molecule has 1 heterocycles. The highest BCUT2D eigenvalue weighted by atomic mass is 15.2. The average molecular weight is 204 g/mol. The van der Waals surface area contributed by atoms with Crippen molar-refractivity contribution in [2.75, 3.05) is 17.2 Å². The second-order valence-electron chi connectivity index (χ2n) is 5.27. The number of hydrogen-bond acceptors (Lipinski definition) is 2. The minimum atomic E-state index is 0.183. The lowest BCUT2D eigenvalue weighted by molar-refractivity contribution is 0.484. The molecule has 0 saturated heterocycles. The Labute approximate surface area is 92.1 Å². The van der Waals surface area contributed by atoms with E-state index in [-0.39, 0.29) is 5.54 Å². The van der Waals surface area contributed by atoms with Crippen molar-refractivity contribution in [1.82, 2.24) is 0 Å². The van der Waals surface area contributed by atoms with Gasteiger partial charge in [-0.1, -0.05) is 6.07 Å². The zero-order chi connectivity index (χ0) is 11.1. The Morgan fingerprint density at radius 1 is 1.27 bits per heavy atom. The Morgan fingerprint density at radius 3 is 2.67 bits per heavy atom. The fraction of sp³-hybridized carbons (Fsp3) is 0.538. The predicted molar refractivity (Wildman–Crippen MR) is 66.3 cm³/mol. The van der Waals surface area contributed by atoms with Gasteiger partial charge in [0.05, 0.1) is 0 Å². The lowest BCUT2D eigenvalue weighted by Crippen LogP contribution is -2.44. The van der Waals surface area contributed by atoms with E-state index >= 15 is 0 Å². The Bertz CT molecular complexity index is 363. The molecule has 0 fully saturated rings. The van der Waals surface area contributed by atoms with E-state index in [1.54, 1.807) is 0 Å². The van der Waals surface area contributed by atoms with E-state index in [1.165, 1.54) is 17.7 Å². The molecule has 0 spiro atoms. The number of rotatable bonds is 0. The maximum absolute atomic E-state index is 6.02. The number of benzene rings is 1. The largest absolute Gasteiger partial charge is 0.398 e. The summed E-state index contributed by atoms with van der Waals surface area (Å²) in [6.45, 7) is 7.90. The molecule has 2 rings (SSSR count). The van der Waals surface area contributed by atoms with E-state index in [9.17, 15) is 0 Å². The molecule has 82 valence electrons. The fourth-order valence-corrected chi connectivity index (χ4v) is 2.35. The number of nitrogens with two attached hydrogens (primary N) is 1. The molecule has 0 amide bonds. The average Bonchev–Trinajstić information content (AvgIpc) is 2.16. The smallest absolute Gasteiger partial charge is 0.0423 e. The molecular weight excluding hydrogens is 184 g/mol. The normalized spacial score (nSPS) is 16.3. The van der Waals surface area contributed by atoms with Crippen LogP contribution in [0.5, 0.6) is 0 Å². The predicted octanol–water partition coefficient (Wildman–Crippen LogP) is 2.82. The molecule has 2 nitrogen and oxygen atoms in total. The minimum absolute atomic E-state index is 0.183. The SMILES string of the molecule is CC(C)(C)N1CCCc2c(N)cccc21. The van der Waals surface area contributed by atoms with Crippen LogP contribution in [0.25, 0.3) is 0 Å². The van der Waals surface area contributed by atoms with Crippen LogP contribution in [0, 0.1) is 0 Å². The van der Waals surface area contributed by atoms with Gasteiger partial charge in [0.15, 0.2) is 0 Å². The van der Waals surface area contributed by atoms with Gasteiger partial charge >= 0.3 is 0 Å². The Balaban J connectivity index is 2.48. The molecule has 0 unspecified atom stereocenters. The van der Waals surface area contributed by atoms with Crippen LogP contribution in [0.2, 0.25) is 0 Å². The summed E-state index contributed by atoms with van der Waals surface area (Å²) in [6.07, 6.45) is 2.33. The Morgan fingerprint density at radius 2 is 2.00 bits per heavy atom. The molecule has 0 atom stereocenters. The van der Waals surface area contributed by atoms with Crippen LogP contribution < -0.4 is 10.6 Å². The third-order valence-corrected chi connectivity index (χ3v) is 3.10. The van der Waals surface area contributed by atoms with Crippen molar-refractivity contribution in [3.05, 3.63) is 23.8 Å². The van der Waals surface area contributed by atoms with Crippen LogP contribution in [0.3, 0.4) is 0 Å². The molecule has 15 heavy (non-hydrogen) atoms. The summed E-state index contributed by atoms with van der Waals surface area (Å²) in [5.74, 6) is 0. The van der Waals surface area contributed by atoms with Crippen molar-refractivity contribution < 1.29 is 0 Å². The number of hydrogen-bond donors (Lipinski definition) is 1. The third-order valence-electron chi connectivity index (χ3n) is 3.10. The number of fused-ring (bicyclic) bond motifs is 1. The van der Waals surface area contributed by atoms with E-state index in [2.05, 4.69) is 37.8 Å². The van der Waals surface area contributed by atoms with Crippen LogP contribution in [0.15, 0.2) is 18.2 Å². The Kier molecular flexibility index (Phi) is 2.37. The van der Waals surface area contributed by atoms with Crippen molar-refractivity contribution >= 4 is 11.4 Å². The van der Waals surface area contributed by atoms with Crippen LogP contribution >= 0.6 is 0 Å². The molecule has 0 aromatic heterocycles. The standard InChI is InChI=1S/C13H20N2/c1-13(2,3)15-9-5-6-10-11(14)7-4-8-12(10)15/h4,7-8H,5-6,9,14H2,1-3H3. The molecule has 1 aromatic carbocycles. The molecule has 0 radical (unpaired) electrons. The van der Waals surface area contributed by atoms with Gasteiger partial charge in [-0.15, -0.1) is 0 Å². The lowest BCUT2D eigenvalue weighted by Gasteiger charge is -2.42. The maximum atomic E-state index is 6.02. The highest BCUT2D eigenvalue weighted by Crippen LogP contribution is 2.35. The maximum Gasteiger partial charge on any atom is 0.0423 e. The Hall–Kier alpha value is -1.18. The van der Waals surface area contributed by atoms with Gasteiger partial charge in [0.1, 0.15) is 0 Å². The van der Waals surface area contributed by atoms with E-state index in [4.69, 9.17) is 5.73 Å².